The smallest absolute Gasteiger partial charge is 0.234 e. The number of aromatic nitrogens is 3. The molecule has 0 unspecified atom stereocenters. The average molecular weight is 443 g/mol. The lowest BCUT2D eigenvalue weighted by Gasteiger charge is -2.11. The van der Waals surface area contributed by atoms with Crippen molar-refractivity contribution in [2.75, 3.05) is 11.1 Å². The van der Waals surface area contributed by atoms with E-state index in [0.717, 1.165) is 29.2 Å². The van der Waals surface area contributed by atoms with Gasteiger partial charge in [0, 0.05) is 17.8 Å². The Bertz CT molecular complexity index is 1190. The van der Waals surface area contributed by atoms with Crippen molar-refractivity contribution in [2.45, 2.75) is 31.8 Å². The van der Waals surface area contributed by atoms with Crippen LogP contribution in [0.25, 0.3) is 5.69 Å². The molecular weight excluding hydrogens is 416 g/mol. The molecule has 3 aromatic carbocycles. The third kappa shape index (κ3) is 5.45. The molecule has 0 atom stereocenters. The summed E-state index contributed by atoms with van der Waals surface area (Å²) in [7, 11) is 0. The number of nitrogens with zero attached hydrogens (tertiary/aromatic N) is 3. The molecule has 32 heavy (non-hydrogen) atoms. The Morgan fingerprint density at radius 3 is 2.44 bits per heavy atom. The van der Waals surface area contributed by atoms with Gasteiger partial charge in [-0.3, -0.25) is 9.36 Å². The van der Waals surface area contributed by atoms with Crippen LogP contribution in [0.4, 0.5) is 5.69 Å². The van der Waals surface area contributed by atoms with Gasteiger partial charge in [0.2, 0.25) is 5.91 Å². The van der Waals surface area contributed by atoms with Gasteiger partial charge in [-0.25, -0.2) is 0 Å². The zero-order chi connectivity index (χ0) is 22.3. The number of hydrogen-bond acceptors (Lipinski definition) is 4. The average Bonchev–Trinajstić information content (AvgIpc) is 3.21. The lowest BCUT2D eigenvalue weighted by atomic mass is 10.1. The SMILES string of the molecule is CCc1ccc(NC(=O)CSc2nnc(Cc3ccccc3)n2-c2cccc(C)c2)cc1. The Kier molecular flexibility index (Phi) is 7.02. The van der Waals surface area contributed by atoms with E-state index in [4.69, 9.17) is 0 Å². The minimum Gasteiger partial charge on any atom is -0.325 e. The Hall–Kier alpha value is -3.38. The van der Waals surface area contributed by atoms with E-state index >= 15 is 0 Å². The molecule has 0 aliphatic carbocycles. The van der Waals surface area contributed by atoms with Crippen molar-refractivity contribution in [2.24, 2.45) is 0 Å². The zero-order valence-corrected chi connectivity index (χ0v) is 19.1. The summed E-state index contributed by atoms with van der Waals surface area (Å²) >= 11 is 1.39. The lowest BCUT2D eigenvalue weighted by molar-refractivity contribution is -0.113. The fourth-order valence-electron chi connectivity index (χ4n) is 3.46. The van der Waals surface area contributed by atoms with Crippen LogP contribution in [0.2, 0.25) is 0 Å². The number of rotatable bonds is 8. The van der Waals surface area contributed by atoms with E-state index in [1.165, 1.54) is 22.9 Å². The number of aryl methyl sites for hydroxylation is 2. The van der Waals surface area contributed by atoms with E-state index in [0.29, 0.717) is 11.6 Å². The number of hydrogen-bond donors (Lipinski definition) is 1. The van der Waals surface area contributed by atoms with Gasteiger partial charge in [-0.05, 0) is 54.3 Å². The first kappa shape index (κ1) is 21.8. The molecule has 0 saturated heterocycles. The van der Waals surface area contributed by atoms with E-state index in [9.17, 15) is 4.79 Å². The molecule has 0 aliphatic rings. The highest BCUT2D eigenvalue weighted by atomic mass is 32.2. The first-order chi connectivity index (χ1) is 15.6. The Morgan fingerprint density at radius 2 is 1.72 bits per heavy atom. The van der Waals surface area contributed by atoms with Crippen molar-refractivity contribution in [3.05, 3.63) is 101 Å². The summed E-state index contributed by atoms with van der Waals surface area (Å²) < 4.78 is 2.05. The number of benzene rings is 3. The second kappa shape index (κ2) is 10.3. The van der Waals surface area contributed by atoms with Gasteiger partial charge < -0.3 is 5.32 Å². The summed E-state index contributed by atoms with van der Waals surface area (Å²) in [6, 6.07) is 26.4. The number of carbonyl (C=O) groups excluding carboxylic acids is 1. The highest BCUT2D eigenvalue weighted by Crippen LogP contribution is 2.24. The zero-order valence-electron chi connectivity index (χ0n) is 18.3. The molecular formula is C26H26N4OS. The topological polar surface area (TPSA) is 59.8 Å². The van der Waals surface area contributed by atoms with Gasteiger partial charge in [0.05, 0.1) is 5.75 Å². The number of anilines is 1. The van der Waals surface area contributed by atoms with Crippen molar-refractivity contribution < 1.29 is 4.79 Å². The van der Waals surface area contributed by atoms with Crippen molar-refractivity contribution >= 4 is 23.4 Å². The Morgan fingerprint density at radius 1 is 0.938 bits per heavy atom. The molecule has 5 nitrogen and oxygen atoms in total. The van der Waals surface area contributed by atoms with Gasteiger partial charge in [0.15, 0.2) is 5.16 Å². The monoisotopic (exact) mass is 442 g/mol. The predicted molar refractivity (Wildman–Crippen MR) is 131 cm³/mol. The molecule has 0 radical (unpaired) electrons. The van der Waals surface area contributed by atoms with Crippen LogP contribution in [0.1, 0.15) is 29.4 Å². The maximum atomic E-state index is 12.6. The first-order valence-electron chi connectivity index (χ1n) is 10.7. The van der Waals surface area contributed by atoms with Crippen LogP contribution in [0.5, 0.6) is 0 Å². The normalized spacial score (nSPS) is 10.8. The van der Waals surface area contributed by atoms with E-state index in [1.54, 1.807) is 0 Å². The molecule has 1 N–H and O–H groups in total. The standard InChI is InChI=1S/C26H26N4OS/c1-3-20-12-14-22(15-13-20)27-25(31)18-32-26-29-28-24(17-21-9-5-4-6-10-21)30(26)23-11-7-8-19(2)16-23/h4-16H,3,17-18H2,1-2H3,(H,27,31). The molecule has 1 heterocycles. The fourth-order valence-corrected chi connectivity index (χ4v) is 4.23. The second-order valence-electron chi connectivity index (χ2n) is 7.62. The van der Waals surface area contributed by atoms with Crippen LogP contribution >= 0.6 is 11.8 Å². The molecule has 0 aliphatic heterocycles. The maximum Gasteiger partial charge on any atom is 0.234 e. The molecule has 4 rings (SSSR count). The number of nitrogens with one attached hydrogen (secondary N) is 1. The molecule has 1 aromatic heterocycles. The molecule has 0 saturated carbocycles. The van der Waals surface area contributed by atoms with Gasteiger partial charge >= 0.3 is 0 Å². The third-order valence-electron chi connectivity index (χ3n) is 5.14. The van der Waals surface area contributed by atoms with E-state index < -0.39 is 0 Å². The number of carbonyl (C=O) groups is 1. The fraction of sp³-hybridized carbons (Fsp3) is 0.192. The molecule has 0 bridgehead atoms. The summed E-state index contributed by atoms with van der Waals surface area (Å²) in [5.41, 5.74) is 5.37. The molecule has 162 valence electrons. The number of amides is 1. The summed E-state index contributed by atoms with van der Waals surface area (Å²) in [4.78, 5) is 12.6. The van der Waals surface area contributed by atoms with Crippen molar-refractivity contribution in [3.8, 4) is 5.69 Å². The largest absolute Gasteiger partial charge is 0.325 e. The Labute approximate surface area is 192 Å². The van der Waals surface area contributed by atoms with E-state index in [2.05, 4.69) is 53.6 Å². The minimum absolute atomic E-state index is 0.0670. The maximum absolute atomic E-state index is 12.6. The van der Waals surface area contributed by atoms with E-state index in [1.807, 2.05) is 59.2 Å². The molecule has 0 fully saturated rings. The van der Waals surface area contributed by atoms with Crippen molar-refractivity contribution in [1.82, 2.24) is 14.8 Å². The highest BCUT2D eigenvalue weighted by Gasteiger charge is 2.16. The van der Waals surface area contributed by atoms with Crippen LogP contribution < -0.4 is 5.32 Å². The quantitative estimate of drug-likeness (QED) is 0.368. The number of thioether (sulfide) groups is 1. The summed E-state index contributed by atoms with van der Waals surface area (Å²) in [6.45, 7) is 4.18. The van der Waals surface area contributed by atoms with Crippen molar-refractivity contribution in [1.29, 1.82) is 0 Å². The van der Waals surface area contributed by atoms with Crippen LogP contribution in [0, 0.1) is 6.92 Å². The van der Waals surface area contributed by atoms with Crippen LogP contribution in [-0.2, 0) is 17.6 Å². The molecule has 0 spiro atoms. The predicted octanol–water partition coefficient (Wildman–Crippen LogP) is 5.46. The van der Waals surface area contributed by atoms with Gasteiger partial charge in [-0.1, -0.05) is 73.3 Å². The van der Waals surface area contributed by atoms with Crippen LogP contribution in [0.15, 0.2) is 84.0 Å². The second-order valence-corrected chi connectivity index (χ2v) is 8.57. The third-order valence-corrected chi connectivity index (χ3v) is 6.07. The van der Waals surface area contributed by atoms with Crippen LogP contribution in [-0.4, -0.2) is 26.4 Å². The molecule has 1 amide bonds. The summed E-state index contributed by atoms with van der Waals surface area (Å²) in [5, 5.41) is 12.5. The highest BCUT2D eigenvalue weighted by molar-refractivity contribution is 7.99. The Balaban J connectivity index is 1.53. The van der Waals surface area contributed by atoms with Crippen LogP contribution in [0.3, 0.4) is 0 Å². The first-order valence-corrected chi connectivity index (χ1v) is 11.7. The molecule has 6 heteroatoms. The minimum atomic E-state index is -0.0670. The molecule has 4 aromatic rings. The van der Waals surface area contributed by atoms with Gasteiger partial charge in [0.1, 0.15) is 5.82 Å². The van der Waals surface area contributed by atoms with Gasteiger partial charge in [-0.2, -0.15) is 0 Å². The van der Waals surface area contributed by atoms with Gasteiger partial charge in [-0.15, -0.1) is 10.2 Å². The lowest BCUT2D eigenvalue weighted by Crippen LogP contribution is -2.14. The summed E-state index contributed by atoms with van der Waals surface area (Å²) in [6.07, 6.45) is 1.64. The van der Waals surface area contributed by atoms with Gasteiger partial charge in [0.25, 0.3) is 0 Å². The summed E-state index contributed by atoms with van der Waals surface area (Å²) in [5.74, 6) is 1.03. The van der Waals surface area contributed by atoms with E-state index in [-0.39, 0.29) is 11.7 Å². The van der Waals surface area contributed by atoms with Crippen molar-refractivity contribution in [3.63, 3.8) is 0 Å².